The first-order valence-electron chi connectivity index (χ1n) is 9.55. The third-order valence-electron chi connectivity index (χ3n) is 6.91. The minimum absolute atomic E-state index is 0.0736. The van der Waals surface area contributed by atoms with Crippen LogP contribution in [0.3, 0.4) is 0 Å². The zero-order valence-corrected chi connectivity index (χ0v) is 15.0. The van der Waals surface area contributed by atoms with E-state index >= 15 is 0 Å². The standard InChI is InChI=1S/C21H27FN2O2/c22-10-14(11-23)12-26-18-3-1-17(2-4-18)21-7-13-5-15(8-21)19(20(24)25)16(6-13)9-21/h1-4,10,13,15-16,19H,5-9,11-12,23H2,(H2,24,25)/b14-10+. The van der Waals surface area contributed by atoms with E-state index in [1.807, 2.05) is 12.1 Å². The first kappa shape index (κ1) is 17.5. The Morgan fingerprint density at radius 1 is 1.19 bits per heavy atom. The summed E-state index contributed by atoms with van der Waals surface area (Å²) in [5.41, 5.74) is 13.1. The van der Waals surface area contributed by atoms with Crippen LogP contribution in [0, 0.1) is 23.7 Å². The number of rotatable bonds is 6. The monoisotopic (exact) mass is 358 g/mol. The van der Waals surface area contributed by atoms with E-state index in [-0.39, 0.29) is 30.4 Å². The van der Waals surface area contributed by atoms with Gasteiger partial charge in [-0.1, -0.05) is 12.1 Å². The van der Waals surface area contributed by atoms with E-state index in [0.717, 1.165) is 37.4 Å². The molecule has 26 heavy (non-hydrogen) atoms. The highest BCUT2D eigenvalue weighted by Crippen LogP contribution is 2.62. The highest BCUT2D eigenvalue weighted by atomic mass is 19.1. The van der Waals surface area contributed by atoms with E-state index in [2.05, 4.69) is 12.1 Å². The Morgan fingerprint density at radius 2 is 1.85 bits per heavy atom. The number of hydrogen-bond donors (Lipinski definition) is 2. The lowest BCUT2D eigenvalue weighted by Gasteiger charge is -2.59. The molecule has 5 rings (SSSR count). The van der Waals surface area contributed by atoms with Gasteiger partial charge in [-0.2, -0.15) is 0 Å². The molecule has 4 bridgehead atoms. The number of carbonyl (C=O) groups excluding carboxylic acids is 1. The molecule has 0 radical (unpaired) electrons. The van der Waals surface area contributed by atoms with Gasteiger partial charge in [0.05, 0.1) is 6.33 Å². The second-order valence-electron chi connectivity index (χ2n) is 8.46. The van der Waals surface area contributed by atoms with Crippen molar-refractivity contribution in [3.8, 4) is 5.75 Å². The van der Waals surface area contributed by atoms with Crippen LogP contribution in [0.15, 0.2) is 36.2 Å². The van der Waals surface area contributed by atoms with E-state index in [4.69, 9.17) is 16.2 Å². The summed E-state index contributed by atoms with van der Waals surface area (Å²) in [6.45, 7) is 0.326. The third kappa shape index (κ3) is 2.92. The predicted molar refractivity (Wildman–Crippen MR) is 98.1 cm³/mol. The lowest BCUT2D eigenvalue weighted by atomic mass is 9.44. The first-order chi connectivity index (χ1) is 12.5. The van der Waals surface area contributed by atoms with E-state index in [9.17, 15) is 9.18 Å². The number of nitrogens with two attached hydrogens (primary N) is 2. The van der Waals surface area contributed by atoms with Gasteiger partial charge in [-0.25, -0.2) is 4.39 Å². The maximum absolute atomic E-state index is 12.6. The maximum Gasteiger partial charge on any atom is 0.221 e. The molecular formula is C21H27FN2O2. The van der Waals surface area contributed by atoms with Gasteiger partial charge in [0.25, 0.3) is 0 Å². The lowest BCUT2D eigenvalue weighted by Crippen LogP contribution is -2.56. The van der Waals surface area contributed by atoms with E-state index < -0.39 is 0 Å². The molecule has 4 fully saturated rings. The average Bonchev–Trinajstić information content (AvgIpc) is 2.62. The van der Waals surface area contributed by atoms with E-state index in [1.54, 1.807) is 0 Å². The van der Waals surface area contributed by atoms with Crippen molar-refractivity contribution in [1.29, 1.82) is 0 Å². The molecule has 4 aliphatic rings. The summed E-state index contributed by atoms with van der Waals surface area (Å²) in [6, 6.07) is 8.21. The van der Waals surface area contributed by atoms with Crippen molar-refractivity contribution in [2.45, 2.75) is 37.5 Å². The highest BCUT2D eigenvalue weighted by molar-refractivity contribution is 5.78. The fourth-order valence-corrected chi connectivity index (χ4v) is 6.06. The van der Waals surface area contributed by atoms with E-state index in [0.29, 0.717) is 23.7 Å². The van der Waals surface area contributed by atoms with Crippen LogP contribution in [0.4, 0.5) is 4.39 Å². The number of ether oxygens (including phenoxy) is 1. The van der Waals surface area contributed by atoms with Crippen molar-refractivity contribution < 1.29 is 13.9 Å². The van der Waals surface area contributed by atoms with Crippen LogP contribution in [-0.4, -0.2) is 19.1 Å². The van der Waals surface area contributed by atoms with Crippen molar-refractivity contribution in [2.75, 3.05) is 13.2 Å². The molecule has 0 aliphatic heterocycles. The fraction of sp³-hybridized carbons (Fsp3) is 0.571. The molecule has 140 valence electrons. The molecule has 0 spiro atoms. The number of amides is 1. The van der Waals surface area contributed by atoms with Gasteiger partial charge in [0.2, 0.25) is 5.91 Å². The van der Waals surface area contributed by atoms with Crippen LogP contribution in [0.2, 0.25) is 0 Å². The number of hydrogen-bond acceptors (Lipinski definition) is 3. The summed E-state index contributed by atoms with van der Waals surface area (Å²) in [7, 11) is 0. The molecule has 4 N–H and O–H groups in total. The van der Waals surface area contributed by atoms with Crippen molar-refractivity contribution in [2.24, 2.45) is 35.1 Å². The zero-order chi connectivity index (χ0) is 18.3. The highest BCUT2D eigenvalue weighted by Gasteiger charge is 2.57. The molecule has 0 saturated heterocycles. The summed E-state index contributed by atoms with van der Waals surface area (Å²) < 4.78 is 18.2. The largest absolute Gasteiger partial charge is 0.489 e. The zero-order valence-electron chi connectivity index (χ0n) is 15.0. The molecule has 5 heteroatoms. The molecule has 0 aromatic heterocycles. The maximum atomic E-state index is 12.6. The van der Waals surface area contributed by atoms with Crippen LogP contribution >= 0.6 is 0 Å². The Hall–Kier alpha value is -1.88. The molecule has 1 aromatic carbocycles. The molecule has 2 atom stereocenters. The molecule has 4 saturated carbocycles. The SMILES string of the molecule is NC/C(=C\F)COc1ccc(C23CC4CC(C2)C(C(N)=O)C(C4)C3)cc1. The van der Waals surface area contributed by atoms with E-state index in [1.165, 1.54) is 12.0 Å². The minimum atomic E-state index is -0.102. The average molecular weight is 358 g/mol. The first-order valence-corrected chi connectivity index (χ1v) is 9.55. The van der Waals surface area contributed by atoms with Gasteiger partial charge in [0.15, 0.2) is 0 Å². The summed E-state index contributed by atoms with van der Waals surface area (Å²) in [5, 5.41) is 0. The Labute approximate surface area is 153 Å². The molecule has 0 heterocycles. The third-order valence-corrected chi connectivity index (χ3v) is 6.91. The normalized spacial score (nSPS) is 35.5. The van der Waals surface area contributed by atoms with Gasteiger partial charge < -0.3 is 16.2 Å². The molecule has 4 aliphatic carbocycles. The molecule has 1 aromatic rings. The van der Waals surface area contributed by atoms with Crippen molar-refractivity contribution in [3.63, 3.8) is 0 Å². The van der Waals surface area contributed by atoms with Crippen molar-refractivity contribution in [3.05, 3.63) is 41.7 Å². The van der Waals surface area contributed by atoms with Crippen molar-refractivity contribution in [1.82, 2.24) is 0 Å². The molecule has 2 unspecified atom stereocenters. The number of halogens is 1. The van der Waals surface area contributed by atoms with Gasteiger partial charge in [-0.05, 0) is 73.0 Å². The Bertz CT molecular complexity index is 699. The quantitative estimate of drug-likeness (QED) is 0.820. The fourth-order valence-electron chi connectivity index (χ4n) is 6.06. The summed E-state index contributed by atoms with van der Waals surface area (Å²) in [5.74, 6) is 2.30. The molecule has 4 nitrogen and oxygen atoms in total. The van der Waals surface area contributed by atoms with Crippen molar-refractivity contribution >= 4 is 5.91 Å². The van der Waals surface area contributed by atoms with Gasteiger partial charge in [-0.3, -0.25) is 4.79 Å². The lowest BCUT2D eigenvalue weighted by molar-refractivity contribution is -0.136. The van der Waals surface area contributed by atoms with Crippen LogP contribution < -0.4 is 16.2 Å². The van der Waals surface area contributed by atoms with Crippen LogP contribution in [0.25, 0.3) is 0 Å². The number of carbonyl (C=O) groups is 1. The van der Waals surface area contributed by atoms with Crippen LogP contribution in [0.5, 0.6) is 5.75 Å². The Morgan fingerprint density at radius 3 is 2.38 bits per heavy atom. The second kappa shape index (κ2) is 6.69. The van der Waals surface area contributed by atoms with Gasteiger partial charge in [-0.15, -0.1) is 0 Å². The predicted octanol–water partition coefficient (Wildman–Crippen LogP) is 3.06. The Balaban J connectivity index is 1.51. The second-order valence-corrected chi connectivity index (χ2v) is 8.46. The van der Waals surface area contributed by atoms with Gasteiger partial charge >= 0.3 is 0 Å². The number of benzene rings is 1. The summed E-state index contributed by atoms with van der Waals surface area (Å²) in [4.78, 5) is 11.9. The Kier molecular flexibility index (Phi) is 4.51. The number of primary amides is 1. The molecule has 1 amide bonds. The van der Waals surface area contributed by atoms with Crippen LogP contribution in [-0.2, 0) is 10.2 Å². The topological polar surface area (TPSA) is 78.3 Å². The molecular weight excluding hydrogens is 331 g/mol. The van der Waals surface area contributed by atoms with Crippen LogP contribution in [0.1, 0.15) is 37.7 Å². The summed E-state index contributed by atoms with van der Waals surface area (Å²) >= 11 is 0. The minimum Gasteiger partial charge on any atom is -0.489 e. The smallest absolute Gasteiger partial charge is 0.221 e. The summed E-state index contributed by atoms with van der Waals surface area (Å²) in [6.07, 6.45) is 6.17. The van der Waals surface area contributed by atoms with Gasteiger partial charge in [0, 0.05) is 18.0 Å². The van der Waals surface area contributed by atoms with Gasteiger partial charge in [0.1, 0.15) is 12.4 Å².